The predicted octanol–water partition coefficient (Wildman–Crippen LogP) is 2.09. The first-order chi connectivity index (χ1) is 17.8. The molecular weight excluding hydrogens is 505 g/mol. The van der Waals surface area contributed by atoms with Crippen molar-refractivity contribution >= 4 is 23.5 Å². The van der Waals surface area contributed by atoms with E-state index in [0.717, 1.165) is 10.7 Å². The highest BCUT2D eigenvalue weighted by molar-refractivity contribution is 5.76. The molecule has 0 saturated carbocycles. The maximum atomic E-state index is 15.1. The third-order valence-corrected chi connectivity index (χ3v) is 6.99. The number of carbonyl (C=O) groups is 1. The molecule has 1 amide bonds. The van der Waals surface area contributed by atoms with Crippen LogP contribution in [0.4, 0.5) is 24.7 Å². The summed E-state index contributed by atoms with van der Waals surface area (Å²) < 4.78 is 49.9. The quantitative estimate of drug-likeness (QED) is 0.399. The number of benzene rings is 1. The van der Waals surface area contributed by atoms with Crippen LogP contribution >= 0.6 is 0 Å². The van der Waals surface area contributed by atoms with Crippen molar-refractivity contribution in [3.8, 4) is 0 Å². The number of piperidine rings is 1. The van der Waals surface area contributed by atoms with E-state index in [9.17, 15) is 18.4 Å². The third-order valence-electron chi connectivity index (χ3n) is 6.99. The molecular formula is C25H33F3N6O4. The van der Waals surface area contributed by atoms with Gasteiger partial charge in [0.15, 0.2) is 5.82 Å². The van der Waals surface area contributed by atoms with Gasteiger partial charge in [-0.3, -0.25) is 9.59 Å². The van der Waals surface area contributed by atoms with E-state index in [0.29, 0.717) is 25.9 Å². The Morgan fingerprint density at radius 3 is 2.55 bits per heavy atom. The Hall–Kier alpha value is -3.58. The molecule has 1 aromatic carbocycles. The number of aliphatic hydroxyl groups excluding tert-OH is 1. The van der Waals surface area contributed by atoms with Crippen LogP contribution in [-0.4, -0.2) is 58.1 Å². The Morgan fingerprint density at radius 1 is 1.37 bits per heavy atom. The lowest BCUT2D eigenvalue weighted by atomic mass is 9.87. The number of nitrogen functional groups attached to an aromatic ring is 1. The first-order valence-electron chi connectivity index (χ1n) is 12.0. The van der Waals surface area contributed by atoms with Gasteiger partial charge in [-0.05, 0) is 31.9 Å². The van der Waals surface area contributed by atoms with Gasteiger partial charge in [-0.15, -0.1) is 0 Å². The molecule has 2 heterocycles. The van der Waals surface area contributed by atoms with Crippen molar-refractivity contribution in [3.05, 3.63) is 56.8 Å². The van der Waals surface area contributed by atoms with Gasteiger partial charge in [0.25, 0.3) is 11.5 Å². The summed E-state index contributed by atoms with van der Waals surface area (Å²) in [6.45, 7) is 2.28. The summed E-state index contributed by atoms with van der Waals surface area (Å²) in [7, 11) is 2.87. The number of nitrogens with zero attached hydrogens (tertiary/aromatic N) is 3. The molecule has 38 heavy (non-hydrogen) atoms. The monoisotopic (exact) mass is 538 g/mol. The Kier molecular flexibility index (Phi) is 8.42. The van der Waals surface area contributed by atoms with Crippen molar-refractivity contribution < 1.29 is 27.8 Å². The van der Waals surface area contributed by atoms with Gasteiger partial charge < -0.3 is 31.5 Å². The van der Waals surface area contributed by atoms with Gasteiger partial charge >= 0.3 is 0 Å². The second-order valence-electron chi connectivity index (χ2n) is 9.35. The number of ether oxygens (including phenoxy) is 1. The van der Waals surface area contributed by atoms with Crippen LogP contribution in [0.15, 0.2) is 28.7 Å². The van der Waals surface area contributed by atoms with Gasteiger partial charge in [-0.2, -0.15) is 13.9 Å². The summed E-state index contributed by atoms with van der Waals surface area (Å²) in [5, 5.41) is 16.1. The number of carbonyl (C=O) groups excluding carboxylic acids is 1. The van der Waals surface area contributed by atoms with Gasteiger partial charge in [-0.25, -0.2) is 9.07 Å². The van der Waals surface area contributed by atoms with Crippen molar-refractivity contribution in [2.24, 2.45) is 12.8 Å². The van der Waals surface area contributed by atoms with Crippen LogP contribution in [0.3, 0.4) is 0 Å². The molecule has 1 saturated heterocycles. The number of nitrogens with two attached hydrogens (primary N) is 2. The second kappa shape index (κ2) is 11.0. The number of rotatable bonds is 8. The summed E-state index contributed by atoms with van der Waals surface area (Å²) in [5.41, 5.74) is 10.2. The zero-order chi connectivity index (χ0) is 28.4. The molecule has 1 fully saturated rings. The zero-order valence-electron chi connectivity index (χ0n) is 21.7. The lowest BCUT2D eigenvalue weighted by molar-refractivity contribution is -0.133. The van der Waals surface area contributed by atoms with Crippen molar-refractivity contribution in [3.63, 3.8) is 0 Å². The number of alkyl halides is 2. The molecule has 0 bridgehead atoms. The summed E-state index contributed by atoms with van der Waals surface area (Å²) in [4.78, 5) is 26.0. The minimum Gasteiger partial charge on any atom is -0.400 e. The van der Waals surface area contributed by atoms with Crippen molar-refractivity contribution in [2.45, 2.75) is 44.3 Å². The Labute approximate surface area is 218 Å². The average Bonchev–Trinajstić information content (AvgIpc) is 2.89. The highest BCUT2D eigenvalue weighted by Gasteiger charge is 2.38. The molecule has 1 atom stereocenters. The minimum atomic E-state index is -3.77. The molecule has 1 aliphatic rings. The maximum Gasteiger partial charge on any atom is 0.298 e. The molecule has 0 radical (unpaired) electrons. The van der Waals surface area contributed by atoms with Crippen LogP contribution in [0.5, 0.6) is 0 Å². The fourth-order valence-electron chi connectivity index (χ4n) is 4.53. The Morgan fingerprint density at radius 2 is 2.00 bits per heavy atom. The highest BCUT2D eigenvalue weighted by atomic mass is 19.3. The number of aromatic nitrogens is 2. The highest BCUT2D eigenvalue weighted by Crippen LogP contribution is 2.35. The summed E-state index contributed by atoms with van der Waals surface area (Å²) in [6.07, 6.45) is 2.26. The van der Waals surface area contributed by atoms with Gasteiger partial charge in [0.05, 0.1) is 11.6 Å². The van der Waals surface area contributed by atoms with Gasteiger partial charge in [0.1, 0.15) is 23.7 Å². The van der Waals surface area contributed by atoms with E-state index in [1.807, 2.05) is 0 Å². The van der Waals surface area contributed by atoms with E-state index in [4.69, 9.17) is 21.3 Å². The number of aryl methyl sites for hydroxylation is 1. The summed E-state index contributed by atoms with van der Waals surface area (Å²) in [5.74, 6) is -4.96. The van der Waals surface area contributed by atoms with Gasteiger partial charge in [-0.1, -0.05) is 12.1 Å². The molecule has 3 rings (SSSR count). The average molecular weight is 539 g/mol. The number of amides is 1. The van der Waals surface area contributed by atoms with E-state index < -0.39 is 41.1 Å². The van der Waals surface area contributed by atoms with Crippen LogP contribution in [0.2, 0.25) is 0 Å². The standard InChI is InChI=1S/C25H33F3N6O4/c1-14(16-6-5-7-18(20(16)26)25(27,28)13-35)31-22-17(21(30)23(37)33(3)32-22)12-19(29)24(38-4)8-10-34(11-9-24)15(2)36/h5-7,12,14,35H,8-11,13,29-30H2,1-4H3,(H,31,32)/b19-12-/t14-/m1/s1. The number of aliphatic hydroxyl groups is 1. The largest absolute Gasteiger partial charge is 0.400 e. The maximum absolute atomic E-state index is 15.1. The van der Waals surface area contributed by atoms with Crippen LogP contribution in [0, 0.1) is 5.82 Å². The second-order valence-corrected chi connectivity index (χ2v) is 9.35. The number of nitrogens with one attached hydrogen (secondary N) is 1. The van der Waals surface area contributed by atoms with E-state index in [1.165, 1.54) is 46.2 Å². The van der Waals surface area contributed by atoms with Crippen LogP contribution in [0.25, 0.3) is 6.08 Å². The number of hydrogen-bond donors (Lipinski definition) is 4. The predicted molar refractivity (Wildman–Crippen MR) is 137 cm³/mol. The first kappa shape index (κ1) is 29.0. The smallest absolute Gasteiger partial charge is 0.298 e. The number of methoxy groups -OCH3 is 1. The Bertz CT molecular complexity index is 1290. The van der Waals surface area contributed by atoms with Crippen LogP contribution in [0.1, 0.15) is 49.4 Å². The lowest BCUT2D eigenvalue weighted by Gasteiger charge is -2.41. The van der Waals surface area contributed by atoms with Crippen molar-refractivity contribution in [1.82, 2.24) is 14.7 Å². The number of hydrogen-bond acceptors (Lipinski definition) is 8. The molecule has 10 nitrogen and oxygen atoms in total. The fraction of sp³-hybridized carbons (Fsp3) is 0.480. The fourth-order valence-corrected chi connectivity index (χ4v) is 4.53. The summed E-state index contributed by atoms with van der Waals surface area (Å²) >= 11 is 0. The zero-order valence-corrected chi connectivity index (χ0v) is 21.7. The molecule has 0 aliphatic carbocycles. The number of halogens is 3. The van der Waals surface area contributed by atoms with E-state index in [2.05, 4.69) is 10.4 Å². The van der Waals surface area contributed by atoms with Crippen LogP contribution in [-0.2, 0) is 22.5 Å². The topological polar surface area (TPSA) is 149 Å². The molecule has 1 aliphatic heterocycles. The number of likely N-dealkylation sites (tertiary alicyclic amines) is 1. The van der Waals surface area contributed by atoms with E-state index in [1.54, 1.807) is 4.90 Å². The molecule has 2 aromatic rings. The molecule has 0 spiro atoms. The molecule has 0 unspecified atom stereocenters. The number of anilines is 2. The Balaban J connectivity index is 2.03. The van der Waals surface area contributed by atoms with Gasteiger partial charge in [0.2, 0.25) is 5.91 Å². The van der Waals surface area contributed by atoms with Crippen molar-refractivity contribution in [1.29, 1.82) is 0 Å². The van der Waals surface area contributed by atoms with E-state index >= 15 is 4.39 Å². The van der Waals surface area contributed by atoms with Crippen LogP contribution < -0.4 is 22.3 Å². The molecule has 208 valence electrons. The molecule has 13 heteroatoms. The lowest BCUT2D eigenvalue weighted by Crippen LogP contribution is -2.49. The van der Waals surface area contributed by atoms with Crippen molar-refractivity contribution in [2.75, 3.05) is 37.9 Å². The molecule has 6 N–H and O–H groups in total. The first-order valence-corrected chi connectivity index (χ1v) is 12.0. The minimum absolute atomic E-state index is 0.0613. The van der Waals surface area contributed by atoms with E-state index in [-0.39, 0.29) is 34.2 Å². The van der Waals surface area contributed by atoms with Gasteiger partial charge in [0, 0.05) is 51.0 Å². The third kappa shape index (κ3) is 5.48. The molecule has 1 aromatic heterocycles. The normalized spacial score (nSPS) is 16.8. The SMILES string of the molecule is COC1(/C(N)=C/c2c(N[C@H](C)c3cccc(C(F)(F)CO)c3F)nn(C)c(=O)c2N)CCN(C(C)=O)CC1. The summed E-state index contributed by atoms with van der Waals surface area (Å²) in [6, 6.07) is 2.58.